The van der Waals surface area contributed by atoms with Gasteiger partial charge in [-0.2, -0.15) is 0 Å². The van der Waals surface area contributed by atoms with Gasteiger partial charge in [-0.05, 0) is 36.4 Å². The molecule has 1 fully saturated rings. The van der Waals surface area contributed by atoms with Gasteiger partial charge in [0.2, 0.25) is 5.91 Å². The molecule has 2 aromatic rings. The monoisotopic (exact) mass is 361 g/mol. The van der Waals surface area contributed by atoms with Crippen molar-refractivity contribution < 1.29 is 17.9 Å². The van der Waals surface area contributed by atoms with E-state index in [0.717, 1.165) is 5.69 Å². The van der Waals surface area contributed by atoms with Crippen LogP contribution in [0.5, 0.6) is 0 Å². The lowest BCUT2D eigenvalue weighted by Gasteiger charge is -2.30. The van der Waals surface area contributed by atoms with Crippen molar-refractivity contribution >= 4 is 27.3 Å². The number of nitrogens with two attached hydrogens (primary N) is 1. The van der Waals surface area contributed by atoms with Crippen molar-refractivity contribution in [1.82, 2.24) is 0 Å². The first kappa shape index (κ1) is 17.2. The molecule has 0 atom stereocenters. The van der Waals surface area contributed by atoms with E-state index in [1.807, 2.05) is 12.1 Å². The number of para-hydroxylation sites is 2. The van der Waals surface area contributed by atoms with Crippen LogP contribution in [-0.4, -0.2) is 40.6 Å². The summed E-state index contributed by atoms with van der Waals surface area (Å²) in [6.45, 7) is 2.61. The lowest BCUT2D eigenvalue weighted by Crippen LogP contribution is -2.36. The van der Waals surface area contributed by atoms with Crippen LogP contribution < -0.4 is 15.4 Å². The van der Waals surface area contributed by atoms with Gasteiger partial charge in [-0.1, -0.05) is 12.1 Å². The smallest absolute Gasteiger partial charge is 0.261 e. The molecule has 3 N–H and O–H groups in total. The highest BCUT2D eigenvalue weighted by molar-refractivity contribution is 7.92. The molecule has 25 heavy (non-hydrogen) atoms. The summed E-state index contributed by atoms with van der Waals surface area (Å²) in [5.74, 6) is -0.602. The first-order valence-electron chi connectivity index (χ1n) is 7.82. The van der Waals surface area contributed by atoms with E-state index in [0.29, 0.717) is 32.0 Å². The third kappa shape index (κ3) is 3.92. The number of benzene rings is 2. The van der Waals surface area contributed by atoms with Crippen molar-refractivity contribution in [2.45, 2.75) is 4.90 Å². The van der Waals surface area contributed by atoms with Crippen LogP contribution in [0, 0.1) is 0 Å². The average Bonchev–Trinajstić information content (AvgIpc) is 2.63. The second kappa shape index (κ2) is 7.12. The van der Waals surface area contributed by atoms with Gasteiger partial charge in [-0.3, -0.25) is 9.52 Å². The minimum absolute atomic E-state index is 0.0641. The van der Waals surface area contributed by atoms with Crippen molar-refractivity contribution in [2.75, 3.05) is 35.9 Å². The number of anilines is 2. The predicted octanol–water partition coefficient (Wildman–Crippen LogP) is 1.42. The molecule has 3 rings (SSSR count). The maximum absolute atomic E-state index is 12.6. The number of nitrogens with zero attached hydrogens (tertiary/aromatic N) is 1. The standard InChI is InChI=1S/C17H19N3O4S/c18-17(21)13-5-7-14(8-6-13)25(22,23)19-15-3-1-2-4-16(15)20-9-11-24-12-10-20/h1-8,19H,9-12H2,(H2,18,21). The molecule has 132 valence electrons. The number of nitrogens with one attached hydrogen (secondary N) is 1. The number of morpholine rings is 1. The summed E-state index contributed by atoms with van der Waals surface area (Å²) in [7, 11) is -3.78. The Morgan fingerprint density at radius 1 is 1.04 bits per heavy atom. The fourth-order valence-electron chi connectivity index (χ4n) is 2.64. The second-order valence-electron chi connectivity index (χ2n) is 5.61. The Morgan fingerprint density at radius 2 is 1.68 bits per heavy atom. The molecule has 0 aliphatic carbocycles. The number of amides is 1. The lowest BCUT2D eigenvalue weighted by atomic mass is 10.2. The molecule has 1 aliphatic heterocycles. The summed E-state index contributed by atoms with van der Waals surface area (Å²) in [6, 6.07) is 12.7. The number of rotatable bonds is 5. The Labute approximate surface area is 146 Å². The van der Waals surface area contributed by atoms with Gasteiger partial charge in [-0.15, -0.1) is 0 Å². The van der Waals surface area contributed by atoms with Gasteiger partial charge in [0.05, 0.1) is 29.5 Å². The number of carbonyl (C=O) groups is 1. The normalized spacial score (nSPS) is 15.0. The van der Waals surface area contributed by atoms with E-state index in [2.05, 4.69) is 9.62 Å². The molecule has 0 spiro atoms. The van der Waals surface area contributed by atoms with Crippen LogP contribution in [0.3, 0.4) is 0 Å². The van der Waals surface area contributed by atoms with E-state index >= 15 is 0 Å². The van der Waals surface area contributed by atoms with Crippen LogP contribution in [0.4, 0.5) is 11.4 Å². The van der Waals surface area contributed by atoms with Crippen molar-refractivity contribution in [2.24, 2.45) is 5.73 Å². The largest absolute Gasteiger partial charge is 0.378 e. The maximum Gasteiger partial charge on any atom is 0.261 e. The molecular formula is C17H19N3O4S. The zero-order valence-corrected chi connectivity index (χ0v) is 14.3. The summed E-state index contributed by atoms with van der Waals surface area (Å²) < 4.78 is 33.3. The van der Waals surface area contributed by atoms with Gasteiger partial charge in [0, 0.05) is 18.7 Å². The Hall–Kier alpha value is -2.58. The Bertz CT molecular complexity index is 860. The van der Waals surface area contributed by atoms with Gasteiger partial charge >= 0.3 is 0 Å². The molecule has 1 saturated heterocycles. The number of primary amides is 1. The Balaban J connectivity index is 1.87. The van der Waals surface area contributed by atoms with E-state index in [1.165, 1.54) is 24.3 Å². The third-order valence-corrected chi connectivity index (χ3v) is 5.33. The topological polar surface area (TPSA) is 102 Å². The number of hydrogen-bond donors (Lipinski definition) is 2. The van der Waals surface area contributed by atoms with E-state index < -0.39 is 15.9 Å². The third-order valence-electron chi connectivity index (χ3n) is 3.95. The van der Waals surface area contributed by atoms with Crippen molar-refractivity contribution in [3.8, 4) is 0 Å². The second-order valence-corrected chi connectivity index (χ2v) is 7.29. The van der Waals surface area contributed by atoms with Gasteiger partial charge in [-0.25, -0.2) is 8.42 Å². The van der Waals surface area contributed by atoms with Gasteiger partial charge in [0.15, 0.2) is 0 Å². The Kier molecular flexibility index (Phi) is 4.91. The maximum atomic E-state index is 12.6. The van der Waals surface area contributed by atoms with Crippen molar-refractivity contribution in [3.63, 3.8) is 0 Å². The molecule has 1 aliphatic rings. The predicted molar refractivity (Wildman–Crippen MR) is 95.2 cm³/mol. The first-order valence-corrected chi connectivity index (χ1v) is 9.30. The number of ether oxygens (including phenoxy) is 1. The summed E-state index contributed by atoms with van der Waals surface area (Å²) in [5.41, 5.74) is 6.75. The SMILES string of the molecule is NC(=O)c1ccc(S(=O)(=O)Nc2ccccc2N2CCOCC2)cc1. The minimum Gasteiger partial charge on any atom is -0.378 e. The van der Waals surface area contributed by atoms with Crippen LogP contribution in [0.25, 0.3) is 0 Å². The van der Waals surface area contributed by atoms with E-state index in [-0.39, 0.29) is 10.5 Å². The molecule has 7 nitrogen and oxygen atoms in total. The highest BCUT2D eigenvalue weighted by Gasteiger charge is 2.19. The van der Waals surface area contributed by atoms with Crippen LogP contribution in [0.15, 0.2) is 53.4 Å². The molecule has 1 amide bonds. The molecule has 0 aromatic heterocycles. The summed E-state index contributed by atoms with van der Waals surface area (Å²) in [5, 5.41) is 0. The molecule has 8 heteroatoms. The lowest BCUT2D eigenvalue weighted by molar-refractivity contribution is 0.1000. The van der Waals surface area contributed by atoms with Gasteiger partial charge < -0.3 is 15.4 Å². The fraction of sp³-hybridized carbons (Fsp3) is 0.235. The summed E-state index contributed by atoms with van der Waals surface area (Å²) >= 11 is 0. The Morgan fingerprint density at radius 3 is 2.32 bits per heavy atom. The molecular weight excluding hydrogens is 342 g/mol. The summed E-state index contributed by atoms with van der Waals surface area (Å²) in [6.07, 6.45) is 0. The number of hydrogen-bond acceptors (Lipinski definition) is 5. The van der Waals surface area contributed by atoms with Crippen LogP contribution in [0.2, 0.25) is 0 Å². The molecule has 0 radical (unpaired) electrons. The number of sulfonamides is 1. The molecule has 0 unspecified atom stereocenters. The van der Waals surface area contributed by atoms with E-state index in [9.17, 15) is 13.2 Å². The van der Waals surface area contributed by atoms with Crippen molar-refractivity contribution in [3.05, 3.63) is 54.1 Å². The highest BCUT2D eigenvalue weighted by Crippen LogP contribution is 2.28. The number of carbonyl (C=O) groups excluding carboxylic acids is 1. The zero-order valence-electron chi connectivity index (χ0n) is 13.5. The molecule has 0 saturated carbocycles. The molecule has 2 aromatic carbocycles. The van der Waals surface area contributed by atoms with E-state index in [4.69, 9.17) is 10.5 Å². The highest BCUT2D eigenvalue weighted by atomic mass is 32.2. The average molecular weight is 361 g/mol. The summed E-state index contributed by atoms with van der Waals surface area (Å²) in [4.78, 5) is 13.3. The zero-order chi connectivity index (χ0) is 17.9. The van der Waals surface area contributed by atoms with Gasteiger partial charge in [0.1, 0.15) is 0 Å². The molecule has 0 bridgehead atoms. The van der Waals surface area contributed by atoms with E-state index in [1.54, 1.807) is 12.1 Å². The first-order chi connectivity index (χ1) is 12.0. The molecule has 1 heterocycles. The van der Waals surface area contributed by atoms with Crippen LogP contribution in [0.1, 0.15) is 10.4 Å². The van der Waals surface area contributed by atoms with Crippen LogP contribution >= 0.6 is 0 Å². The van der Waals surface area contributed by atoms with Gasteiger partial charge in [0.25, 0.3) is 10.0 Å². The van der Waals surface area contributed by atoms with Crippen molar-refractivity contribution in [1.29, 1.82) is 0 Å². The fourth-order valence-corrected chi connectivity index (χ4v) is 3.72. The van der Waals surface area contributed by atoms with Crippen LogP contribution in [-0.2, 0) is 14.8 Å². The minimum atomic E-state index is -3.78. The quantitative estimate of drug-likeness (QED) is 0.839.